The second-order valence-corrected chi connectivity index (χ2v) is 4.41. The van der Waals surface area contributed by atoms with E-state index in [0.717, 1.165) is 16.3 Å². The van der Waals surface area contributed by atoms with E-state index >= 15 is 0 Å². The summed E-state index contributed by atoms with van der Waals surface area (Å²) < 4.78 is 2.14. The fraction of sp³-hybridized carbons (Fsp3) is 0.0714. The highest BCUT2D eigenvalue weighted by atomic mass is 35.5. The van der Waals surface area contributed by atoms with Gasteiger partial charge in [0.25, 0.3) is 0 Å². The smallest absolute Gasteiger partial charge is 0.0530 e. The Hall–Kier alpha value is -1.80. The highest BCUT2D eigenvalue weighted by Crippen LogP contribution is 2.31. The van der Waals surface area contributed by atoms with Gasteiger partial charge in [0.15, 0.2) is 0 Å². The minimum atomic E-state index is 0.728. The molecule has 1 aromatic carbocycles. The molecule has 3 rings (SSSR count). The molecule has 3 aromatic rings. The number of fused-ring (bicyclic) bond motifs is 1. The average Bonchev–Trinajstić information content (AvgIpc) is 2.68. The monoisotopic (exact) mass is 242 g/mol. The Kier molecular flexibility index (Phi) is 2.37. The van der Waals surface area contributed by atoms with E-state index in [1.165, 1.54) is 10.9 Å². The number of nitrogens with zero attached hydrogens (tertiary/aromatic N) is 2. The van der Waals surface area contributed by atoms with E-state index in [1.54, 1.807) is 12.4 Å². The zero-order valence-corrected chi connectivity index (χ0v) is 10.1. The van der Waals surface area contributed by atoms with Crippen molar-refractivity contribution in [2.24, 2.45) is 7.05 Å². The Morgan fingerprint density at radius 2 is 2.00 bits per heavy atom. The van der Waals surface area contributed by atoms with Crippen molar-refractivity contribution in [1.29, 1.82) is 0 Å². The molecule has 2 aromatic heterocycles. The summed E-state index contributed by atoms with van der Waals surface area (Å²) in [6, 6.07) is 12.2. The van der Waals surface area contributed by atoms with Crippen LogP contribution in [0.1, 0.15) is 0 Å². The molecule has 84 valence electrons. The van der Waals surface area contributed by atoms with Gasteiger partial charge in [-0.3, -0.25) is 4.98 Å². The van der Waals surface area contributed by atoms with Crippen LogP contribution >= 0.6 is 11.6 Å². The number of pyridine rings is 1. The van der Waals surface area contributed by atoms with Crippen LogP contribution in [0.5, 0.6) is 0 Å². The summed E-state index contributed by atoms with van der Waals surface area (Å²) in [4.78, 5) is 4.14. The maximum atomic E-state index is 6.20. The van der Waals surface area contributed by atoms with Crippen LogP contribution in [0.2, 0.25) is 5.02 Å². The van der Waals surface area contributed by atoms with E-state index in [1.807, 2.05) is 25.2 Å². The van der Waals surface area contributed by atoms with Crippen LogP contribution in [0.4, 0.5) is 0 Å². The van der Waals surface area contributed by atoms with Crippen molar-refractivity contribution in [2.75, 3.05) is 0 Å². The first-order valence-corrected chi connectivity index (χ1v) is 5.79. The van der Waals surface area contributed by atoms with Gasteiger partial charge in [-0.2, -0.15) is 0 Å². The maximum absolute atomic E-state index is 6.20. The molecule has 0 saturated carbocycles. The highest BCUT2D eigenvalue weighted by molar-refractivity contribution is 6.33. The van der Waals surface area contributed by atoms with E-state index in [4.69, 9.17) is 11.6 Å². The Morgan fingerprint density at radius 1 is 1.18 bits per heavy atom. The van der Waals surface area contributed by atoms with Gasteiger partial charge in [-0.1, -0.05) is 29.8 Å². The van der Waals surface area contributed by atoms with Gasteiger partial charge in [0.1, 0.15) is 0 Å². The number of para-hydroxylation sites is 1. The number of aryl methyl sites for hydroxylation is 1. The summed E-state index contributed by atoms with van der Waals surface area (Å²) in [5.74, 6) is 0. The van der Waals surface area contributed by atoms with E-state index in [0.29, 0.717) is 0 Å². The zero-order valence-electron chi connectivity index (χ0n) is 9.39. The van der Waals surface area contributed by atoms with Gasteiger partial charge in [-0.25, -0.2) is 0 Å². The summed E-state index contributed by atoms with van der Waals surface area (Å²) in [7, 11) is 2.04. The minimum Gasteiger partial charge on any atom is -0.344 e. The van der Waals surface area contributed by atoms with Crippen molar-refractivity contribution in [3.63, 3.8) is 0 Å². The highest BCUT2D eigenvalue weighted by Gasteiger charge is 2.10. The van der Waals surface area contributed by atoms with Crippen LogP contribution < -0.4 is 0 Å². The molecule has 0 aliphatic carbocycles. The molecule has 3 heteroatoms. The van der Waals surface area contributed by atoms with Crippen LogP contribution in [-0.2, 0) is 7.05 Å². The van der Waals surface area contributed by atoms with Gasteiger partial charge >= 0.3 is 0 Å². The maximum Gasteiger partial charge on any atom is 0.0530 e. The quantitative estimate of drug-likeness (QED) is 0.633. The van der Waals surface area contributed by atoms with Crippen molar-refractivity contribution in [1.82, 2.24) is 9.55 Å². The zero-order chi connectivity index (χ0) is 11.8. The van der Waals surface area contributed by atoms with Crippen LogP contribution in [0.25, 0.3) is 22.2 Å². The van der Waals surface area contributed by atoms with Gasteiger partial charge < -0.3 is 4.57 Å². The first-order chi connectivity index (χ1) is 8.27. The number of halogens is 1. The Bertz CT molecular complexity index is 686. The number of hydrogen-bond donors (Lipinski definition) is 0. The molecule has 17 heavy (non-hydrogen) atoms. The lowest BCUT2D eigenvalue weighted by molar-refractivity contribution is 0.977. The summed E-state index contributed by atoms with van der Waals surface area (Å²) in [6.07, 6.45) is 3.50. The molecule has 0 radical (unpaired) electrons. The Labute approximate surface area is 104 Å². The van der Waals surface area contributed by atoms with Crippen LogP contribution in [0.15, 0.2) is 48.8 Å². The number of benzene rings is 1. The standard InChI is InChI=1S/C14H11ClN2/c1-17-13-5-3-2-4-10(13)8-14(17)11-9-16-7-6-12(11)15/h2-9H,1H3. The molecule has 0 unspecified atom stereocenters. The molecule has 0 saturated heterocycles. The Balaban J connectivity index is 2.32. The van der Waals surface area contributed by atoms with Gasteiger partial charge in [0.05, 0.1) is 10.7 Å². The normalized spacial score (nSPS) is 10.9. The summed E-state index contributed by atoms with van der Waals surface area (Å²) in [6.45, 7) is 0. The lowest BCUT2D eigenvalue weighted by atomic mass is 10.2. The molecule has 0 amide bonds. The SMILES string of the molecule is Cn1c(-c2cnccc2Cl)cc2ccccc21. The van der Waals surface area contributed by atoms with E-state index in [2.05, 4.69) is 27.8 Å². The fourth-order valence-corrected chi connectivity index (χ4v) is 2.32. The lowest BCUT2D eigenvalue weighted by Crippen LogP contribution is -1.92. The van der Waals surface area contributed by atoms with Crippen LogP contribution in [0, 0.1) is 0 Å². The van der Waals surface area contributed by atoms with E-state index in [-0.39, 0.29) is 0 Å². The van der Waals surface area contributed by atoms with Crippen molar-refractivity contribution >= 4 is 22.5 Å². The predicted molar refractivity (Wildman–Crippen MR) is 71.2 cm³/mol. The third-order valence-electron chi connectivity index (χ3n) is 3.00. The molecular formula is C14H11ClN2. The van der Waals surface area contributed by atoms with Crippen molar-refractivity contribution in [3.8, 4) is 11.3 Å². The molecule has 2 heterocycles. The minimum absolute atomic E-state index is 0.728. The first-order valence-electron chi connectivity index (χ1n) is 5.42. The largest absolute Gasteiger partial charge is 0.344 e. The molecule has 0 spiro atoms. The average molecular weight is 243 g/mol. The van der Waals surface area contributed by atoms with Crippen molar-refractivity contribution < 1.29 is 0 Å². The summed E-state index contributed by atoms with van der Waals surface area (Å²) in [5, 5.41) is 1.94. The third kappa shape index (κ3) is 1.61. The van der Waals surface area contributed by atoms with Gasteiger partial charge in [-0.05, 0) is 18.2 Å². The molecule has 0 bridgehead atoms. The topological polar surface area (TPSA) is 17.8 Å². The first kappa shape index (κ1) is 10.4. The van der Waals surface area contributed by atoms with Crippen molar-refractivity contribution in [2.45, 2.75) is 0 Å². The molecule has 0 atom stereocenters. The summed E-state index contributed by atoms with van der Waals surface area (Å²) >= 11 is 6.20. The fourth-order valence-electron chi connectivity index (χ4n) is 2.11. The molecule has 0 aliphatic heterocycles. The van der Waals surface area contributed by atoms with Crippen molar-refractivity contribution in [3.05, 3.63) is 53.8 Å². The van der Waals surface area contributed by atoms with Gasteiger partial charge in [0, 0.05) is 35.9 Å². The molecular weight excluding hydrogens is 232 g/mol. The van der Waals surface area contributed by atoms with E-state index < -0.39 is 0 Å². The number of hydrogen-bond acceptors (Lipinski definition) is 1. The van der Waals surface area contributed by atoms with Crippen LogP contribution in [-0.4, -0.2) is 9.55 Å². The van der Waals surface area contributed by atoms with E-state index in [9.17, 15) is 0 Å². The molecule has 0 aliphatic rings. The second kappa shape index (κ2) is 3.90. The lowest BCUT2D eigenvalue weighted by Gasteiger charge is -2.05. The Morgan fingerprint density at radius 3 is 2.76 bits per heavy atom. The van der Waals surface area contributed by atoms with Gasteiger partial charge in [0.2, 0.25) is 0 Å². The second-order valence-electron chi connectivity index (χ2n) is 4.00. The molecule has 2 nitrogen and oxygen atoms in total. The van der Waals surface area contributed by atoms with Gasteiger partial charge in [-0.15, -0.1) is 0 Å². The third-order valence-corrected chi connectivity index (χ3v) is 3.33. The number of rotatable bonds is 1. The summed E-state index contributed by atoms with van der Waals surface area (Å²) in [5.41, 5.74) is 3.25. The molecule has 0 N–H and O–H groups in total. The van der Waals surface area contributed by atoms with Crippen LogP contribution in [0.3, 0.4) is 0 Å². The number of aromatic nitrogens is 2. The predicted octanol–water partition coefficient (Wildman–Crippen LogP) is 3.89. The molecule has 0 fully saturated rings.